The van der Waals surface area contributed by atoms with Crippen molar-refractivity contribution in [2.75, 3.05) is 47.4 Å². The van der Waals surface area contributed by atoms with Gasteiger partial charge in [0.15, 0.2) is 0 Å². The van der Waals surface area contributed by atoms with Gasteiger partial charge in [-0.2, -0.15) is 0 Å². The van der Waals surface area contributed by atoms with Crippen LogP contribution in [-0.2, 0) is 4.74 Å². The Kier molecular flexibility index (Phi) is 20.0. The minimum Gasteiger partial charge on any atom is -0.470 e. The third-order valence-electron chi connectivity index (χ3n) is 5.84. The summed E-state index contributed by atoms with van der Waals surface area (Å²) >= 11 is 1.78. The van der Waals surface area contributed by atoms with Crippen LogP contribution in [0.25, 0.3) is 0 Å². The van der Waals surface area contributed by atoms with Gasteiger partial charge in [0.25, 0.3) is 0 Å². The topological polar surface area (TPSA) is 136 Å². The summed E-state index contributed by atoms with van der Waals surface area (Å²) in [4.78, 5) is 44.4. The number of aromatic amines is 2. The number of urea groups is 1. The van der Waals surface area contributed by atoms with Crippen molar-refractivity contribution < 1.29 is 18.7 Å². The fraction of sp³-hybridized carbons (Fsp3) is 0.364. The summed E-state index contributed by atoms with van der Waals surface area (Å²) in [5.41, 5.74) is 2.50. The Morgan fingerprint density at radius 2 is 1.50 bits per heavy atom. The lowest BCUT2D eigenvalue weighted by atomic mass is 10.4. The van der Waals surface area contributed by atoms with E-state index in [0.29, 0.717) is 6.61 Å². The van der Waals surface area contributed by atoms with E-state index in [9.17, 15) is 9.59 Å². The van der Waals surface area contributed by atoms with Crippen LogP contribution in [0.2, 0.25) is 0 Å². The molecule has 5 aromatic rings. The molecule has 46 heavy (non-hydrogen) atoms. The number of hydrogen-bond acceptors (Lipinski definition) is 8. The highest BCUT2D eigenvalue weighted by Gasteiger charge is 2.20. The smallest absolute Gasteiger partial charge is 0.409 e. The molecule has 13 heteroatoms. The molecule has 3 amide bonds. The molecule has 2 aliphatic rings. The van der Waals surface area contributed by atoms with E-state index < -0.39 is 0 Å². The van der Waals surface area contributed by atoms with E-state index in [4.69, 9.17) is 4.42 Å². The van der Waals surface area contributed by atoms with Gasteiger partial charge in [0.05, 0.1) is 12.8 Å². The molecular weight excluding hydrogens is 604 g/mol. The molecule has 2 N–H and O–H groups in total. The predicted molar refractivity (Wildman–Crippen MR) is 183 cm³/mol. The zero-order chi connectivity index (χ0) is 34.2. The minimum absolute atomic E-state index is 0.130. The van der Waals surface area contributed by atoms with Gasteiger partial charge in [-0.15, -0.1) is 11.3 Å². The molecule has 12 nitrogen and oxygen atoms in total. The van der Waals surface area contributed by atoms with Crippen molar-refractivity contribution in [3.63, 3.8) is 0 Å². The monoisotopic (exact) mass is 652 g/mol. The Morgan fingerprint density at radius 3 is 1.67 bits per heavy atom. The van der Waals surface area contributed by atoms with Crippen LogP contribution in [0.1, 0.15) is 27.7 Å². The van der Waals surface area contributed by atoms with E-state index >= 15 is 0 Å². The summed E-state index contributed by atoms with van der Waals surface area (Å²) in [6, 6.07) is 14.1. The highest BCUT2D eigenvalue weighted by Crippen LogP contribution is 2.04. The number of aromatic nitrogens is 5. The van der Waals surface area contributed by atoms with Crippen LogP contribution < -0.4 is 0 Å². The van der Waals surface area contributed by atoms with E-state index in [1.165, 1.54) is 28.8 Å². The van der Waals surface area contributed by atoms with Gasteiger partial charge in [0.1, 0.15) is 30.8 Å². The Balaban J connectivity index is 0.000000269. The molecule has 7 heterocycles. The average molecular weight is 653 g/mol. The van der Waals surface area contributed by atoms with Crippen molar-refractivity contribution >= 4 is 23.5 Å². The van der Waals surface area contributed by atoms with Gasteiger partial charge in [-0.25, -0.2) is 24.5 Å². The third kappa shape index (κ3) is 19.4. The largest absolute Gasteiger partial charge is 0.470 e. The van der Waals surface area contributed by atoms with Crippen LogP contribution in [0.3, 0.4) is 0 Å². The SMILES string of the molecule is CN1CCN(C)C1=O.CN1CCOC1=O.Cc1cc[nH]c1.Cc1ccc[nH]1.Cc1ccco1.Cc1cccs1.Cc1ncncn1. The number of furan rings is 1. The van der Waals surface area contributed by atoms with Gasteiger partial charge >= 0.3 is 12.1 Å². The molecule has 0 aromatic carbocycles. The Labute approximate surface area is 276 Å². The first-order valence-electron chi connectivity index (χ1n) is 14.6. The number of H-pyrrole nitrogens is 2. The molecule has 250 valence electrons. The maximum atomic E-state index is 10.8. The summed E-state index contributed by atoms with van der Waals surface area (Å²) < 4.78 is 9.39. The van der Waals surface area contributed by atoms with Crippen LogP contribution in [0, 0.1) is 34.6 Å². The zero-order valence-electron chi connectivity index (χ0n) is 28.1. The predicted octanol–water partition coefficient (Wildman–Crippen LogP) is 6.52. The van der Waals surface area contributed by atoms with Gasteiger partial charge in [0.2, 0.25) is 0 Å². The van der Waals surface area contributed by atoms with Crippen LogP contribution in [0.5, 0.6) is 0 Å². The first-order valence-corrected chi connectivity index (χ1v) is 15.5. The van der Waals surface area contributed by atoms with Crippen molar-refractivity contribution in [1.29, 1.82) is 0 Å². The van der Waals surface area contributed by atoms with E-state index in [1.807, 2.05) is 83.8 Å². The number of hydrogen-bond donors (Lipinski definition) is 2. The molecule has 0 saturated carbocycles. The first-order chi connectivity index (χ1) is 22.0. The van der Waals surface area contributed by atoms with Gasteiger partial charge in [-0.1, -0.05) is 6.07 Å². The van der Waals surface area contributed by atoms with Crippen LogP contribution in [-0.4, -0.2) is 99.1 Å². The summed E-state index contributed by atoms with van der Waals surface area (Å²) in [5.74, 6) is 1.73. The van der Waals surface area contributed by atoms with Crippen molar-refractivity contribution in [2.24, 2.45) is 0 Å². The molecule has 7 rings (SSSR count). The number of carbonyl (C=O) groups is 2. The van der Waals surface area contributed by atoms with Crippen molar-refractivity contribution in [2.45, 2.75) is 34.6 Å². The molecule has 0 spiro atoms. The van der Waals surface area contributed by atoms with E-state index in [2.05, 4.69) is 61.0 Å². The second-order valence-corrected chi connectivity index (χ2v) is 11.2. The van der Waals surface area contributed by atoms with Gasteiger partial charge in [0, 0.05) is 63.4 Å². The fourth-order valence-electron chi connectivity index (χ4n) is 3.10. The normalized spacial score (nSPS) is 12.6. The number of amides is 3. The first kappa shape index (κ1) is 39.1. The third-order valence-corrected chi connectivity index (χ3v) is 6.65. The summed E-state index contributed by atoms with van der Waals surface area (Å²) in [6.45, 7) is 12.9. The molecule has 2 fully saturated rings. The highest BCUT2D eigenvalue weighted by molar-refractivity contribution is 7.09. The van der Waals surface area contributed by atoms with Crippen LogP contribution >= 0.6 is 11.3 Å². The maximum Gasteiger partial charge on any atom is 0.409 e. The van der Waals surface area contributed by atoms with Crippen LogP contribution in [0.15, 0.2) is 89.8 Å². The summed E-state index contributed by atoms with van der Waals surface area (Å²) in [7, 11) is 5.34. The molecular formula is C33H48N8O4S. The van der Waals surface area contributed by atoms with Crippen molar-refractivity contribution in [1.82, 2.24) is 39.6 Å². The number of ether oxygens (including phenoxy) is 1. The number of likely N-dealkylation sites (N-methyl/N-ethyl adjacent to an activating group) is 3. The van der Waals surface area contributed by atoms with Gasteiger partial charge in [-0.05, 0) is 82.0 Å². The summed E-state index contributed by atoms with van der Waals surface area (Å²) in [6.07, 6.45) is 10.2. The molecule has 0 atom stereocenters. The molecule has 2 aliphatic heterocycles. The lowest BCUT2D eigenvalue weighted by Crippen LogP contribution is -2.25. The Bertz CT molecular complexity index is 1250. The highest BCUT2D eigenvalue weighted by atomic mass is 32.1. The zero-order valence-corrected chi connectivity index (χ0v) is 29.0. The number of carbonyl (C=O) groups excluding carboxylic acids is 2. The van der Waals surface area contributed by atoms with Crippen molar-refractivity contribution in [3.05, 3.63) is 113 Å². The second-order valence-electron chi connectivity index (χ2n) is 10.0. The lowest BCUT2D eigenvalue weighted by Gasteiger charge is -2.07. The van der Waals surface area contributed by atoms with E-state index in [-0.39, 0.29) is 12.1 Å². The van der Waals surface area contributed by atoms with E-state index in [1.54, 1.807) is 39.3 Å². The number of nitrogens with zero attached hydrogens (tertiary/aromatic N) is 6. The fourth-order valence-corrected chi connectivity index (χ4v) is 3.63. The number of cyclic esters (lactones) is 1. The maximum absolute atomic E-state index is 10.8. The number of aryl methyl sites for hydroxylation is 5. The molecule has 0 radical (unpaired) electrons. The van der Waals surface area contributed by atoms with Crippen molar-refractivity contribution in [3.8, 4) is 0 Å². The quantitative estimate of drug-likeness (QED) is 0.194. The second kappa shape index (κ2) is 23.5. The Hall–Kier alpha value is -4.91. The number of nitrogens with one attached hydrogen (secondary N) is 2. The minimum atomic E-state index is -0.208. The lowest BCUT2D eigenvalue weighted by molar-refractivity contribution is 0.163. The number of thiophene rings is 1. The molecule has 0 bridgehead atoms. The standard InChI is InChI=1S/C5H10N2O.2C5H7N.C5H6O.C5H6S.C4H5N3.C4H7NO2/c1-6-3-4-7(2)5(6)8;1-5-2-3-6-4-5;3*1-5-3-2-4-6-5;1-4-6-2-5-3-7-4;1-5-2-3-7-4(5)6/h3-4H2,1-2H3;2*2-4,6H,1H3;2*2-4H,1H3;2-3H,1H3;2-3H2,1H3. The van der Waals surface area contributed by atoms with Gasteiger partial charge in [-0.3, -0.25) is 0 Å². The van der Waals surface area contributed by atoms with Gasteiger partial charge < -0.3 is 33.8 Å². The number of rotatable bonds is 0. The Morgan fingerprint density at radius 1 is 0.804 bits per heavy atom. The van der Waals surface area contributed by atoms with E-state index in [0.717, 1.165) is 31.2 Å². The molecule has 0 aliphatic carbocycles. The van der Waals surface area contributed by atoms with Crippen LogP contribution in [0.4, 0.5) is 9.59 Å². The molecule has 0 unspecified atom stereocenters. The molecule has 5 aromatic heterocycles. The average Bonchev–Trinajstić information content (AvgIpc) is 3.91. The summed E-state index contributed by atoms with van der Waals surface area (Å²) in [5, 5.41) is 2.08. The molecule has 2 saturated heterocycles.